The second kappa shape index (κ2) is 8.40. The lowest BCUT2D eigenvalue weighted by Crippen LogP contribution is -2.57. The summed E-state index contributed by atoms with van der Waals surface area (Å²) >= 11 is 0. The molecule has 1 unspecified atom stereocenters. The first-order valence-electron chi connectivity index (χ1n) is 11.6. The Balaban J connectivity index is 1.23. The molecule has 1 heterocycles. The average molecular weight is 433 g/mol. The molecule has 1 aliphatic heterocycles. The number of likely N-dealkylation sites (tertiary alicyclic amines) is 1. The third-order valence-corrected chi connectivity index (χ3v) is 7.95. The number of nitrogens with zero attached hydrogens (tertiary/aromatic N) is 1. The van der Waals surface area contributed by atoms with Gasteiger partial charge in [0.05, 0.1) is 11.5 Å². The maximum atomic E-state index is 13.1. The van der Waals surface area contributed by atoms with Gasteiger partial charge in [0.15, 0.2) is 0 Å². The minimum atomic E-state index is -2.99. The molecule has 1 N–H and O–H groups in total. The predicted octanol–water partition coefficient (Wildman–Crippen LogP) is 4.08. The number of nitrogens with one attached hydrogen (secondary N) is 1. The van der Waals surface area contributed by atoms with Crippen molar-refractivity contribution >= 4 is 11.8 Å². The minimum Gasteiger partial charge on any atom is -0.434 e. The number of benzene rings is 1. The Morgan fingerprint density at radius 3 is 2.39 bits per heavy atom. The van der Waals surface area contributed by atoms with Crippen molar-refractivity contribution in [2.75, 3.05) is 13.1 Å². The second-order valence-electron chi connectivity index (χ2n) is 9.93. The Morgan fingerprint density at radius 2 is 1.71 bits per heavy atom. The highest BCUT2D eigenvalue weighted by Gasteiger charge is 2.49. The number of carbonyl (C=O) groups is 2. The van der Waals surface area contributed by atoms with Gasteiger partial charge in [0, 0.05) is 19.1 Å². The van der Waals surface area contributed by atoms with Crippen molar-refractivity contribution in [3.63, 3.8) is 0 Å². The van der Waals surface area contributed by atoms with Gasteiger partial charge in [-0.15, -0.1) is 0 Å². The Bertz CT molecular complexity index is 818. The SMILES string of the molecule is O=C(NC1C2CC3CC(C2)CC1C3)C1CCCN(C(=O)c2ccccc2OC(F)F)C1. The molecule has 1 saturated heterocycles. The second-order valence-corrected chi connectivity index (χ2v) is 9.93. The number of amides is 2. The van der Waals surface area contributed by atoms with Crippen LogP contribution in [0.15, 0.2) is 24.3 Å². The quantitative estimate of drug-likeness (QED) is 0.763. The summed E-state index contributed by atoms with van der Waals surface area (Å²) in [7, 11) is 0. The Kier molecular flexibility index (Phi) is 5.61. The summed E-state index contributed by atoms with van der Waals surface area (Å²) in [4.78, 5) is 27.8. The maximum Gasteiger partial charge on any atom is 0.387 e. The van der Waals surface area contributed by atoms with Crippen LogP contribution in [-0.4, -0.2) is 42.5 Å². The molecular formula is C24H30F2N2O3. The number of ether oxygens (including phenoxy) is 1. The van der Waals surface area contributed by atoms with Crippen molar-refractivity contribution in [2.24, 2.45) is 29.6 Å². The van der Waals surface area contributed by atoms with E-state index < -0.39 is 6.61 Å². The molecule has 6 rings (SSSR count). The average Bonchev–Trinajstić information content (AvgIpc) is 2.75. The van der Waals surface area contributed by atoms with Crippen molar-refractivity contribution in [3.8, 4) is 5.75 Å². The number of halogens is 2. The van der Waals surface area contributed by atoms with Gasteiger partial charge in [0.1, 0.15) is 5.75 Å². The van der Waals surface area contributed by atoms with Crippen LogP contribution in [0, 0.1) is 29.6 Å². The topological polar surface area (TPSA) is 58.6 Å². The molecule has 5 nitrogen and oxygen atoms in total. The molecule has 4 saturated carbocycles. The Morgan fingerprint density at radius 1 is 1.03 bits per heavy atom. The zero-order chi connectivity index (χ0) is 21.5. The van der Waals surface area contributed by atoms with Crippen LogP contribution in [0.5, 0.6) is 5.75 Å². The highest BCUT2D eigenvalue weighted by molar-refractivity contribution is 5.97. The summed E-state index contributed by atoms with van der Waals surface area (Å²) in [5.74, 6) is 2.25. The van der Waals surface area contributed by atoms with Crippen LogP contribution in [0.2, 0.25) is 0 Å². The fourth-order valence-corrected chi connectivity index (χ4v) is 6.83. The third kappa shape index (κ3) is 4.15. The fraction of sp³-hybridized carbons (Fsp3) is 0.667. The minimum absolute atomic E-state index is 0.0482. The number of hydrogen-bond donors (Lipinski definition) is 1. The Labute approximate surface area is 181 Å². The molecule has 0 radical (unpaired) electrons. The van der Waals surface area contributed by atoms with Gasteiger partial charge in [0.25, 0.3) is 5.91 Å². The normalized spacial score (nSPS) is 34.1. The number of carbonyl (C=O) groups excluding carboxylic acids is 2. The maximum absolute atomic E-state index is 13.1. The lowest BCUT2D eigenvalue weighted by molar-refractivity contribution is -0.130. The van der Waals surface area contributed by atoms with E-state index in [0.29, 0.717) is 24.9 Å². The van der Waals surface area contributed by atoms with Gasteiger partial charge in [-0.2, -0.15) is 8.78 Å². The summed E-state index contributed by atoms with van der Waals surface area (Å²) in [5.41, 5.74) is 0.116. The molecule has 4 aliphatic carbocycles. The van der Waals surface area contributed by atoms with Gasteiger partial charge in [-0.05, 0) is 80.8 Å². The first-order chi connectivity index (χ1) is 15.0. The van der Waals surface area contributed by atoms with Gasteiger partial charge < -0.3 is 15.0 Å². The highest BCUT2D eigenvalue weighted by Crippen LogP contribution is 2.53. The molecule has 5 fully saturated rings. The first-order valence-corrected chi connectivity index (χ1v) is 11.6. The molecule has 4 bridgehead atoms. The summed E-state index contributed by atoms with van der Waals surface area (Å²) in [5, 5.41) is 3.37. The van der Waals surface area contributed by atoms with Gasteiger partial charge >= 0.3 is 6.61 Å². The molecule has 0 aromatic heterocycles. The van der Waals surface area contributed by atoms with Crippen LogP contribution in [0.3, 0.4) is 0 Å². The van der Waals surface area contributed by atoms with E-state index in [4.69, 9.17) is 0 Å². The molecule has 168 valence electrons. The van der Waals surface area contributed by atoms with Crippen LogP contribution in [0.4, 0.5) is 8.78 Å². The van der Waals surface area contributed by atoms with Gasteiger partial charge in [-0.1, -0.05) is 12.1 Å². The molecular weight excluding hydrogens is 402 g/mol. The van der Waals surface area contributed by atoms with E-state index in [1.807, 2.05) is 0 Å². The van der Waals surface area contributed by atoms with Crippen molar-refractivity contribution in [1.82, 2.24) is 10.2 Å². The van der Waals surface area contributed by atoms with E-state index >= 15 is 0 Å². The Hall–Kier alpha value is -2.18. The van der Waals surface area contributed by atoms with E-state index in [1.54, 1.807) is 17.0 Å². The lowest BCUT2D eigenvalue weighted by atomic mass is 9.54. The molecule has 31 heavy (non-hydrogen) atoms. The number of rotatable bonds is 5. The summed E-state index contributed by atoms with van der Waals surface area (Å²) in [6.45, 7) is -2.15. The summed E-state index contributed by atoms with van der Waals surface area (Å²) in [6, 6.07) is 6.35. The van der Waals surface area contributed by atoms with E-state index in [-0.39, 0.29) is 35.1 Å². The van der Waals surface area contributed by atoms with Gasteiger partial charge in [-0.25, -0.2) is 0 Å². The smallest absolute Gasteiger partial charge is 0.387 e. The lowest BCUT2D eigenvalue weighted by Gasteiger charge is -2.54. The number of para-hydroxylation sites is 1. The molecule has 2 amide bonds. The van der Waals surface area contributed by atoms with Crippen molar-refractivity contribution < 1.29 is 23.1 Å². The molecule has 0 spiro atoms. The van der Waals surface area contributed by atoms with E-state index in [2.05, 4.69) is 10.1 Å². The molecule has 1 atom stereocenters. The van der Waals surface area contributed by atoms with E-state index in [1.165, 1.54) is 44.2 Å². The summed E-state index contributed by atoms with van der Waals surface area (Å²) in [6.07, 6.45) is 7.83. The third-order valence-electron chi connectivity index (χ3n) is 7.95. The first kappa shape index (κ1) is 20.7. The van der Waals surface area contributed by atoms with Gasteiger partial charge in [0.2, 0.25) is 5.91 Å². The summed E-state index contributed by atoms with van der Waals surface area (Å²) < 4.78 is 30.0. The molecule has 1 aromatic carbocycles. The molecule has 5 aliphatic rings. The predicted molar refractivity (Wildman–Crippen MR) is 111 cm³/mol. The van der Waals surface area contributed by atoms with E-state index in [9.17, 15) is 18.4 Å². The standard InChI is InChI=1S/C24H30F2N2O3/c25-24(26)31-20-6-2-1-5-19(20)23(30)28-7-3-4-16(13-28)22(29)27-21-17-9-14-8-15(11-17)12-18(21)10-14/h1-2,5-6,14-18,21,24H,3-4,7-13H2,(H,27,29). The zero-order valence-corrected chi connectivity index (χ0v) is 17.6. The van der Waals surface area contributed by atoms with Crippen LogP contribution in [-0.2, 0) is 4.79 Å². The van der Waals surface area contributed by atoms with Crippen LogP contribution >= 0.6 is 0 Å². The molecule has 7 heteroatoms. The van der Waals surface area contributed by atoms with Crippen LogP contribution in [0.25, 0.3) is 0 Å². The largest absolute Gasteiger partial charge is 0.434 e. The molecule has 1 aromatic rings. The zero-order valence-electron chi connectivity index (χ0n) is 17.6. The number of hydrogen-bond acceptors (Lipinski definition) is 3. The number of alkyl halides is 2. The van der Waals surface area contributed by atoms with Crippen molar-refractivity contribution in [1.29, 1.82) is 0 Å². The van der Waals surface area contributed by atoms with Crippen LogP contribution < -0.4 is 10.1 Å². The fourth-order valence-electron chi connectivity index (χ4n) is 6.83. The number of piperidine rings is 1. The van der Waals surface area contributed by atoms with Crippen LogP contribution in [0.1, 0.15) is 55.3 Å². The monoisotopic (exact) mass is 432 g/mol. The van der Waals surface area contributed by atoms with E-state index in [0.717, 1.165) is 24.7 Å². The highest BCUT2D eigenvalue weighted by atomic mass is 19.3. The van der Waals surface area contributed by atoms with Crippen molar-refractivity contribution in [2.45, 2.75) is 57.6 Å². The van der Waals surface area contributed by atoms with Gasteiger partial charge in [-0.3, -0.25) is 9.59 Å². The van der Waals surface area contributed by atoms with Crippen molar-refractivity contribution in [3.05, 3.63) is 29.8 Å².